The van der Waals surface area contributed by atoms with Gasteiger partial charge in [-0.1, -0.05) is 22.0 Å². The number of benzene rings is 1. The first-order valence-corrected chi connectivity index (χ1v) is 9.70. The molecule has 0 bridgehead atoms. The van der Waals surface area contributed by atoms with E-state index >= 15 is 0 Å². The number of aliphatic hydroxyl groups is 1. The number of hydrogen-bond acceptors (Lipinski definition) is 5. The Kier molecular flexibility index (Phi) is 6.69. The Morgan fingerprint density at radius 2 is 1.96 bits per heavy atom. The summed E-state index contributed by atoms with van der Waals surface area (Å²) in [6, 6.07) is 15.6. The van der Waals surface area contributed by atoms with Crippen LogP contribution >= 0.6 is 27.3 Å². The van der Waals surface area contributed by atoms with Crippen molar-refractivity contribution < 1.29 is 14.3 Å². The first-order chi connectivity index (χ1) is 12.2. The molecule has 3 rings (SSSR count). The number of thiophene rings is 1. The summed E-state index contributed by atoms with van der Waals surface area (Å²) >= 11 is 5.11. The molecule has 0 amide bonds. The van der Waals surface area contributed by atoms with Gasteiger partial charge in [0.25, 0.3) is 0 Å². The van der Waals surface area contributed by atoms with Crippen LogP contribution in [0.1, 0.15) is 10.6 Å². The van der Waals surface area contributed by atoms with E-state index in [2.05, 4.69) is 32.3 Å². The van der Waals surface area contributed by atoms with Crippen molar-refractivity contribution in [1.29, 1.82) is 0 Å². The predicted octanol–water partition coefficient (Wildman–Crippen LogP) is 4.55. The van der Waals surface area contributed by atoms with Crippen molar-refractivity contribution in [3.63, 3.8) is 0 Å². The SMILES string of the molecule is OC(COc1ccc(Br)cc1)CN(Cc1ccco1)Cc1cccs1. The monoisotopic (exact) mass is 421 g/mol. The molecule has 1 atom stereocenters. The molecule has 0 aliphatic rings. The van der Waals surface area contributed by atoms with E-state index in [-0.39, 0.29) is 6.61 Å². The third-order valence-corrected chi connectivity index (χ3v) is 5.03. The van der Waals surface area contributed by atoms with Crippen molar-refractivity contribution in [2.45, 2.75) is 19.2 Å². The Morgan fingerprint density at radius 1 is 1.12 bits per heavy atom. The average molecular weight is 422 g/mol. The van der Waals surface area contributed by atoms with Gasteiger partial charge in [0.2, 0.25) is 0 Å². The Morgan fingerprint density at radius 3 is 2.64 bits per heavy atom. The van der Waals surface area contributed by atoms with E-state index in [0.717, 1.165) is 22.5 Å². The molecule has 3 aromatic rings. The molecular weight excluding hydrogens is 402 g/mol. The number of halogens is 1. The van der Waals surface area contributed by atoms with Crippen LogP contribution in [-0.4, -0.2) is 29.3 Å². The van der Waals surface area contributed by atoms with Crippen LogP contribution in [0, 0.1) is 0 Å². The van der Waals surface area contributed by atoms with Crippen LogP contribution in [0.4, 0.5) is 0 Å². The minimum absolute atomic E-state index is 0.251. The minimum atomic E-state index is -0.585. The first-order valence-electron chi connectivity index (χ1n) is 8.02. The van der Waals surface area contributed by atoms with Gasteiger partial charge in [-0.3, -0.25) is 4.90 Å². The molecule has 25 heavy (non-hydrogen) atoms. The Labute approximate surface area is 159 Å². The molecule has 1 aromatic carbocycles. The third-order valence-electron chi connectivity index (χ3n) is 3.64. The highest BCUT2D eigenvalue weighted by Crippen LogP contribution is 2.17. The van der Waals surface area contributed by atoms with E-state index in [4.69, 9.17) is 9.15 Å². The van der Waals surface area contributed by atoms with Crippen LogP contribution in [0.15, 0.2) is 69.1 Å². The number of furan rings is 1. The van der Waals surface area contributed by atoms with Gasteiger partial charge in [-0.15, -0.1) is 11.3 Å². The Bertz CT molecular complexity index is 692. The zero-order valence-corrected chi connectivity index (χ0v) is 16.1. The van der Waals surface area contributed by atoms with Gasteiger partial charge in [0.1, 0.15) is 24.2 Å². The van der Waals surface area contributed by atoms with Crippen LogP contribution in [-0.2, 0) is 13.1 Å². The highest BCUT2D eigenvalue weighted by Gasteiger charge is 2.15. The number of ether oxygens (including phenoxy) is 1. The van der Waals surface area contributed by atoms with E-state index < -0.39 is 6.10 Å². The van der Waals surface area contributed by atoms with E-state index in [1.54, 1.807) is 17.6 Å². The second-order valence-corrected chi connectivity index (χ2v) is 7.70. The lowest BCUT2D eigenvalue weighted by atomic mass is 10.3. The average Bonchev–Trinajstić information content (AvgIpc) is 3.28. The quantitative estimate of drug-likeness (QED) is 0.550. The van der Waals surface area contributed by atoms with Crippen LogP contribution < -0.4 is 4.74 Å². The molecule has 0 radical (unpaired) electrons. The summed E-state index contributed by atoms with van der Waals surface area (Å²) in [4.78, 5) is 3.42. The number of nitrogens with zero attached hydrogens (tertiary/aromatic N) is 1. The summed E-state index contributed by atoms with van der Waals surface area (Å²) in [5.41, 5.74) is 0. The van der Waals surface area contributed by atoms with Crippen LogP contribution in [0.2, 0.25) is 0 Å². The number of hydrogen-bond donors (Lipinski definition) is 1. The van der Waals surface area contributed by atoms with Crippen LogP contribution in [0.5, 0.6) is 5.75 Å². The van der Waals surface area contributed by atoms with Gasteiger partial charge in [0.15, 0.2) is 0 Å². The fourth-order valence-corrected chi connectivity index (χ4v) is 3.52. The molecule has 1 unspecified atom stereocenters. The van der Waals surface area contributed by atoms with Crippen molar-refractivity contribution in [3.05, 3.63) is 75.3 Å². The van der Waals surface area contributed by atoms with E-state index in [1.165, 1.54) is 4.88 Å². The molecule has 0 fully saturated rings. The Hall–Kier alpha value is -1.60. The lowest BCUT2D eigenvalue weighted by Crippen LogP contribution is -2.34. The molecule has 1 N–H and O–H groups in total. The molecule has 0 saturated heterocycles. The van der Waals surface area contributed by atoms with Crippen molar-refractivity contribution in [2.24, 2.45) is 0 Å². The molecular formula is C19H20BrNO3S. The van der Waals surface area contributed by atoms with Gasteiger partial charge in [0.05, 0.1) is 12.8 Å². The molecule has 0 aliphatic heterocycles. The van der Waals surface area contributed by atoms with Gasteiger partial charge in [-0.2, -0.15) is 0 Å². The topological polar surface area (TPSA) is 45.8 Å². The largest absolute Gasteiger partial charge is 0.491 e. The molecule has 2 heterocycles. The van der Waals surface area contributed by atoms with Gasteiger partial charge in [-0.25, -0.2) is 0 Å². The van der Waals surface area contributed by atoms with Crippen LogP contribution in [0.25, 0.3) is 0 Å². The fraction of sp³-hybridized carbons (Fsp3) is 0.263. The third kappa shape index (κ3) is 6.01. The van der Waals surface area contributed by atoms with Crippen molar-refractivity contribution in [2.75, 3.05) is 13.2 Å². The maximum Gasteiger partial charge on any atom is 0.119 e. The highest BCUT2D eigenvalue weighted by molar-refractivity contribution is 9.10. The summed E-state index contributed by atoms with van der Waals surface area (Å²) in [6.07, 6.45) is 1.09. The lowest BCUT2D eigenvalue weighted by Gasteiger charge is -2.24. The second kappa shape index (κ2) is 9.20. The molecule has 0 spiro atoms. The zero-order valence-electron chi connectivity index (χ0n) is 13.7. The zero-order chi connectivity index (χ0) is 17.5. The molecule has 132 valence electrons. The summed E-state index contributed by atoms with van der Waals surface area (Å²) in [5.74, 6) is 1.63. The number of rotatable bonds is 9. The Balaban J connectivity index is 1.55. The van der Waals surface area contributed by atoms with E-state index in [9.17, 15) is 5.11 Å². The predicted molar refractivity (Wildman–Crippen MR) is 103 cm³/mol. The van der Waals surface area contributed by atoms with E-state index in [1.807, 2.05) is 42.5 Å². The summed E-state index contributed by atoms with van der Waals surface area (Å²) in [7, 11) is 0. The van der Waals surface area contributed by atoms with Crippen molar-refractivity contribution >= 4 is 27.3 Å². The maximum atomic E-state index is 10.4. The van der Waals surface area contributed by atoms with Crippen molar-refractivity contribution in [1.82, 2.24) is 4.90 Å². The number of aliphatic hydroxyl groups excluding tert-OH is 1. The van der Waals surface area contributed by atoms with Crippen LogP contribution in [0.3, 0.4) is 0 Å². The fourth-order valence-electron chi connectivity index (χ4n) is 2.50. The summed E-state index contributed by atoms with van der Waals surface area (Å²) < 4.78 is 12.1. The molecule has 4 nitrogen and oxygen atoms in total. The summed E-state index contributed by atoms with van der Waals surface area (Å²) in [6.45, 7) is 2.18. The smallest absolute Gasteiger partial charge is 0.119 e. The minimum Gasteiger partial charge on any atom is -0.491 e. The normalized spacial score (nSPS) is 12.4. The highest BCUT2D eigenvalue weighted by atomic mass is 79.9. The van der Waals surface area contributed by atoms with Gasteiger partial charge in [0, 0.05) is 22.4 Å². The van der Waals surface area contributed by atoms with Gasteiger partial charge >= 0.3 is 0 Å². The van der Waals surface area contributed by atoms with E-state index in [0.29, 0.717) is 13.1 Å². The maximum absolute atomic E-state index is 10.4. The van der Waals surface area contributed by atoms with Gasteiger partial charge in [-0.05, 0) is 47.8 Å². The molecule has 2 aromatic heterocycles. The van der Waals surface area contributed by atoms with Crippen molar-refractivity contribution in [3.8, 4) is 5.75 Å². The first kappa shape index (κ1) is 18.2. The molecule has 6 heteroatoms. The standard InChI is InChI=1S/C19H20BrNO3S/c20-15-5-7-17(8-6-15)24-14-16(22)11-21(12-18-3-1-9-23-18)13-19-4-2-10-25-19/h1-10,16,22H,11-14H2. The second-order valence-electron chi connectivity index (χ2n) is 5.75. The van der Waals surface area contributed by atoms with Gasteiger partial charge < -0.3 is 14.3 Å². The summed E-state index contributed by atoms with van der Waals surface area (Å²) in [5, 5.41) is 12.5. The molecule has 0 saturated carbocycles. The molecule has 0 aliphatic carbocycles. The lowest BCUT2D eigenvalue weighted by molar-refractivity contribution is 0.0608.